The number of halogens is 2. The Kier molecular flexibility index (Phi) is 6.33. The first-order chi connectivity index (χ1) is 14.2. The highest BCUT2D eigenvalue weighted by Gasteiger charge is 2.45. The van der Waals surface area contributed by atoms with Crippen LogP contribution in [0, 0.1) is 19.8 Å². The minimum absolute atomic E-state index is 0.0430. The van der Waals surface area contributed by atoms with Crippen molar-refractivity contribution >= 4 is 17.5 Å². The summed E-state index contributed by atoms with van der Waals surface area (Å²) in [7, 11) is 0. The number of hydrogen-bond acceptors (Lipinski definition) is 6. The van der Waals surface area contributed by atoms with Crippen molar-refractivity contribution in [3.05, 3.63) is 45.6 Å². The molecule has 2 aromatic heterocycles. The molecule has 30 heavy (non-hydrogen) atoms. The van der Waals surface area contributed by atoms with Gasteiger partial charge >= 0.3 is 0 Å². The smallest absolute Gasteiger partial charge is 0.293 e. The number of aryl methyl sites for hydroxylation is 2. The predicted molar refractivity (Wildman–Crippen MR) is 109 cm³/mol. The molecule has 4 N–H and O–H groups in total. The molecule has 1 aliphatic rings. The largest absolute Gasteiger partial charge is 0.384 e. The molecule has 3 rings (SSSR count). The summed E-state index contributed by atoms with van der Waals surface area (Å²) in [5.74, 6) is -3.29. The lowest BCUT2D eigenvalue weighted by Crippen LogP contribution is -2.35. The highest BCUT2D eigenvalue weighted by Crippen LogP contribution is 2.45. The van der Waals surface area contributed by atoms with Gasteiger partial charge in [-0.2, -0.15) is 0 Å². The summed E-state index contributed by atoms with van der Waals surface area (Å²) in [5.41, 5.74) is 7.12. The number of nitrogen functional groups attached to an aromatic ring is 1. The van der Waals surface area contributed by atoms with Crippen molar-refractivity contribution in [3.63, 3.8) is 0 Å². The molecule has 0 spiro atoms. The van der Waals surface area contributed by atoms with Crippen LogP contribution in [0.4, 0.5) is 20.4 Å². The zero-order valence-electron chi connectivity index (χ0n) is 17.0. The first-order valence-corrected chi connectivity index (χ1v) is 9.84. The van der Waals surface area contributed by atoms with Crippen LogP contribution in [0.2, 0.25) is 0 Å². The molecule has 10 heteroatoms. The molecule has 2 aromatic rings. The molecule has 0 aliphatic heterocycles. The number of amides is 1. The Balaban J connectivity index is 1.60. The number of aromatic nitrogens is 3. The lowest BCUT2D eigenvalue weighted by Gasteiger charge is -2.16. The second kappa shape index (κ2) is 8.76. The van der Waals surface area contributed by atoms with Gasteiger partial charge in [0, 0.05) is 43.0 Å². The third kappa shape index (κ3) is 5.31. The zero-order valence-corrected chi connectivity index (χ0v) is 17.0. The van der Waals surface area contributed by atoms with Crippen LogP contribution in [0.15, 0.2) is 23.1 Å². The average Bonchev–Trinajstić information content (AvgIpc) is 3.52. The maximum Gasteiger partial charge on any atom is 0.293 e. The molecule has 0 aromatic carbocycles. The lowest BCUT2D eigenvalue weighted by atomic mass is 10.1. The van der Waals surface area contributed by atoms with Gasteiger partial charge in [-0.1, -0.05) is 6.07 Å². The van der Waals surface area contributed by atoms with Crippen LogP contribution in [0.1, 0.15) is 36.2 Å². The van der Waals surface area contributed by atoms with Gasteiger partial charge in [0.2, 0.25) is 5.91 Å². The Morgan fingerprint density at radius 2 is 2.07 bits per heavy atom. The Hall–Kier alpha value is -3.04. The van der Waals surface area contributed by atoms with E-state index in [0.717, 1.165) is 5.56 Å². The molecule has 2 heterocycles. The molecule has 0 unspecified atom stereocenters. The minimum Gasteiger partial charge on any atom is -0.384 e. The number of nitrogens with zero attached hydrogens (tertiary/aromatic N) is 3. The Morgan fingerprint density at radius 1 is 1.33 bits per heavy atom. The standard InChI is InChI=1S/C20H26F2N6O2/c1-12-9-26-18(24-8-7-20(21,22)15-4-5-15)19(30)28(12)11-17(29)25-10-14-3-6-16(23)27-13(14)2/h3,6,9,15H,4-5,7-8,10-11H2,1-2H3,(H2,23,27)(H,24,26)(H,25,29). The number of pyridine rings is 1. The van der Waals surface area contributed by atoms with E-state index in [0.29, 0.717) is 30.0 Å². The van der Waals surface area contributed by atoms with E-state index in [1.54, 1.807) is 26.0 Å². The highest BCUT2D eigenvalue weighted by atomic mass is 19.3. The van der Waals surface area contributed by atoms with Crippen molar-refractivity contribution in [2.75, 3.05) is 17.6 Å². The summed E-state index contributed by atoms with van der Waals surface area (Å²) in [4.78, 5) is 33.1. The molecule has 1 amide bonds. The van der Waals surface area contributed by atoms with Gasteiger partial charge in [0.05, 0.1) is 0 Å². The molecule has 0 radical (unpaired) electrons. The molecular weight excluding hydrogens is 394 g/mol. The van der Waals surface area contributed by atoms with E-state index in [4.69, 9.17) is 5.73 Å². The maximum atomic E-state index is 13.8. The van der Waals surface area contributed by atoms with Gasteiger partial charge in [-0.15, -0.1) is 0 Å². The quantitative estimate of drug-likeness (QED) is 0.572. The van der Waals surface area contributed by atoms with Crippen molar-refractivity contribution in [1.82, 2.24) is 19.9 Å². The third-order valence-corrected chi connectivity index (χ3v) is 5.17. The minimum atomic E-state index is -2.73. The number of alkyl halides is 2. The van der Waals surface area contributed by atoms with Crippen LogP contribution in [0.25, 0.3) is 0 Å². The summed E-state index contributed by atoms with van der Waals surface area (Å²) in [6.07, 6.45) is 2.17. The van der Waals surface area contributed by atoms with Crippen LogP contribution in [-0.4, -0.2) is 32.9 Å². The summed E-state index contributed by atoms with van der Waals surface area (Å²) < 4.78 is 28.9. The Bertz CT molecular complexity index is 988. The van der Waals surface area contributed by atoms with Crippen molar-refractivity contribution in [3.8, 4) is 0 Å². The van der Waals surface area contributed by atoms with Gasteiger partial charge in [-0.05, 0) is 38.3 Å². The van der Waals surface area contributed by atoms with E-state index in [1.165, 1.54) is 10.8 Å². The van der Waals surface area contributed by atoms with Crippen molar-refractivity contribution in [2.24, 2.45) is 5.92 Å². The highest BCUT2D eigenvalue weighted by molar-refractivity contribution is 5.75. The monoisotopic (exact) mass is 420 g/mol. The van der Waals surface area contributed by atoms with Crippen LogP contribution >= 0.6 is 0 Å². The SMILES string of the molecule is Cc1nc(N)ccc1CNC(=O)Cn1c(C)cnc(NCCC(F)(F)C2CC2)c1=O. The Morgan fingerprint density at radius 3 is 2.73 bits per heavy atom. The van der Waals surface area contributed by atoms with Crippen molar-refractivity contribution in [2.45, 2.75) is 52.1 Å². The number of nitrogens with one attached hydrogen (secondary N) is 2. The normalized spacial score (nSPS) is 13.9. The summed E-state index contributed by atoms with van der Waals surface area (Å²) in [6, 6.07) is 3.43. The predicted octanol–water partition coefficient (Wildman–Crippen LogP) is 2.00. The van der Waals surface area contributed by atoms with E-state index < -0.39 is 17.4 Å². The topological polar surface area (TPSA) is 115 Å². The molecular formula is C20H26F2N6O2. The lowest BCUT2D eigenvalue weighted by molar-refractivity contribution is -0.121. The van der Waals surface area contributed by atoms with E-state index in [9.17, 15) is 18.4 Å². The molecule has 8 nitrogen and oxygen atoms in total. The molecule has 1 saturated carbocycles. The number of nitrogens with two attached hydrogens (primary N) is 1. The Labute approximate surface area is 172 Å². The van der Waals surface area contributed by atoms with E-state index >= 15 is 0 Å². The van der Waals surface area contributed by atoms with Gasteiger partial charge in [-0.25, -0.2) is 18.7 Å². The van der Waals surface area contributed by atoms with Gasteiger partial charge in [0.15, 0.2) is 5.82 Å². The van der Waals surface area contributed by atoms with Gasteiger partial charge in [0.25, 0.3) is 11.5 Å². The summed E-state index contributed by atoms with van der Waals surface area (Å²) in [6.45, 7) is 3.42. The molecule has 1 aliphatic carbocycles. The van der Waals surface area contributed by atoms with Gasteiger partial charge in [-0.3, -0.25) is 14.2 Å². The molecule has 0 saturated heterocycles. The molecule has 0 bridgehead atoms. The molecule has 162 valence electrons. The molecule has 1 fully saturated rings. The van der Waals surface area contributed by atoms with Crippen LogP contribution in [0.5, 0.6) is 0 Å². The van der Waals surface area contributed by atoms with E-state index in [1.807, 2.05) is 0 Å². The second-order valence-corrected chi connectivity index (χ2v) is 7.61. The summed E-state index contributed by atoms with van der Waals surface area (Å²) >= 11 is 0. The van der Waals surface area contributed by atoms with Crippen LogP contribution in [-0.2, 0) is 17.9 Å². The fraction of sp³-hybridized carbons (Fsp3) is 0.500. The van der Waals surface area contributed by atoms with Crippen molar-refractivity contribution in [1.29, 1.82) is 0 Å². The zero-order chi connectivity index (χ0) is 21.9. The van der Waals surface area contributed by atoms with E-state index in [-0.39, 0.29) is 37.8 Å². The van der Waals surface area contributed by atoms with Crippen LogP contribution < -0.4 is 21.9 Å². The van der Waals surface area contributed by atoms with Crippen LogP contribution in [0.3, 0.4) is 0 Å². The second-order valence-electron chi connectivity index (χ2n) is 7.61. The van der Waals surface area contributed by atoms with Crippen molar-refractivity contribution < 1.29 is 13.6 Å². The number of hydrogen-bond donors (Lipinski definition) is 3. The fourth-order valence-electron chi connectivity index (χ4n) is 3.14. The molecule has 0 atom stereocenters. The number of carbonyl (C=O) groups excluding carboxylic acids is 1. The van der Waals surface area contributed by atoms with Gasteiger partial charge < -0.3 is 16.4 Å². The van der Waals surface area contributed by atoms with E-state index in [2.05, 4.69) is 20.6 Å². The summed E-state index contributed by atoms with van der Waals surface area (Å²) in [5, 5.41) is 5.43. The fourth-order valence-corrected chi connectivity index (χ4v) is 3.14. The third-order valence-electron chi connectivity index (χ3n) is 5.17. The first kappa shape index (κ1) is 21.7. The number of carbonyl (C=O) groups is 1. The van der Waals surface area contributed by atoms with Gasteiger partial charge in [0.1, 0.15) is 12.4 Å². The maximum absolute atomic E-state index is 13.8. The average molecular weight is 420 g/mol. The number of anilines is 2. The first-order valence-electron chi connectivity index (χ1n) is 9.84. The number of rotatable bonds is 9.